The van der Waals surface area contributed by atoms with Crippen molar-refractivity contribution in [3.8, 4) is 0 Å². The third kappa shape index (κ3) is 3.74. The summed E-state index contributed by atoms with van der Waals surface area (Å²) < 4.78 is 0. The highest BCUT2D eigenvalue weighted by Gasteiger charge is 2.17. The largest absolute Gasteiger partial charge is 0.352 e. The standard InChI is InChI=1S/C9H19N3O/c1-7(12-9(13)6-10)5-8-3-2-4-11-8/h7-8,11H,2-6,10H2,1H3,(H,12,13). The van der Waals surface area contributed by atoms with Gasteiger partial charge in [0.2, 0.25) is 5.91 Å². The van der Waals surface area contributed by atoms with E-state index in [4.69, 9.17) is 5.73 Å². The Hall–Kier alpha value is -0.610. The molecule has 4 nitrogen and oxygen atoms in total. The van der Waals surface area contributed by atoms with Crippen molar-refractivity contribution in [2.24, 2.45) is 5.73 Å². The van der Waals surface area contributed by atoms with Gasteiger partial charge in [0.25, 0.3) is 0 Å². The van der Waals surface area contributed by atoms with Crippen LogP contribution in [0, 0.1) is 0 Å². The van der Waals surface area contributed by atoms with Crippen molar-refractivity contribution >= 4 is 5.91 Å². The predicted molar refractivity (Wildman–Crippen MR) is 52.3 cm³/mol. The van der Waals surface area contributed by atoms with Crippen LogP contribution in [0.25, 0.3) is 0 Å². The van der Waals surface area contributed by atoms with Gasteiger partial charge in [-0.3, -0.25) is 4.79 Å². The molecule has 0 aromatic rings. The molecule has 1 amide bonds. The topological polar surface area (TPSA) is 67.1 Å². The quantitative estimate of drug-likeness (QED) is 0.558. The average molecular weight is 185 g/mol. The van der Waals surface area contributed by atoms with E-state index in [1.165, 1.54) is 12.8 Å². The van der Waals surface area contributed by atoms with Crippen LogP contribution in [0.5, 0.6) is 0 Å². The Kier molecular flexibility index (Phi) is 4.18. The van der Waals surface area contributed by atoms with Crippen LogP contribution in [0.3, 0.4) is 0 Å². The lowest BCUT2D eigenvalue weighted by Gasteiger charge is -2.17. The molecule has 0 aromatic heterocycles. The predicted octanol–water partition coefficient (Wildman–Crippen LogP) is -0.408. The highest BCUT2D eigenvalue weighted by Crippen LogP contribution is 2.10. The summed E-state index contributed by atoms with van der Waals surface area (Å²) in [5.74, 6) is -0.0644. The minimum atomic E-state index is -0.0644. The Bertz CT molecular complexity index is 166. The second-order valence-corrected chi connectivity index (χ2v) is 3.70. The number of rotatable bonds is 4. The summed E-state index contributed by atoms with van der Waals surface area (Å²) in [7, 11) is 0. The fourth-order valence-corrected chi connectivity index (χ4v) is 1.78. The van der Waals surface area contributed by atoms with Crippen LogP contribution in [-0.2, 0) is 4.79 Å². The Labute approximate surface area is 79.3 Å². The van der Waals surface area contributed by atoms with E-state index >= 15 is 0 Å². The maximum Gasteiger partial charge on any atom is 0.233 e. The Morgan fingerprint density at radius 2 is 2.54 bits per heavy atom. The minimum Gasteiger partial charge on any atom is -0.352 e. The lowest BCUT2D eigenvalue weighted by Crippen LogP contribution is -2.40. The first kappa shape index (κ1) is 10.5. The van der Waals surface area contributed by atoms with Crippen molar-refractivity contribution in [3.05, 3.63) is 0 Å². The Balaban J connectivity index is 2.16. The molecule has 4 N–H and O–H groups in total. The molecule has 0 saturated carbocycles. The van der Waals surface area contributed by atoms with Crippen molar-refractivity contribution in [3.63, 3.8) is 0 Å². The molecule has 0 spiro atoms. The molecule has 13 heavy (non-hydrogen) atoms. The number of carbonyl (C=O) groups excluding carboxylic acids is 1. The van der Waals surface area contributed by atoms with Gasteiger partial charge >= 0.3 is 0 Å². The summed E-state index contributed by atoms with van der Waals surface area (Å²) >= 11 is 0. The van der Waals surface area contributed by atoms with Gasteiger partial charge in [-0.1, -0.05) is 0 Å². The second kappa shape index (κ2) is 5.19. The molecule has 0 bridgehead atoms. The molecule has 76 valence electrons. The molecule has 0 radical (unpaired) electrons. The van der Waals surface area contributed by atoms with E-state index in [1.54, 1.807) is 0 Å². The smallest absolute Gasteiger partial charge is 0.233 e. The summed E-state index contributed by atoms with van der Waals surface area (Å²) in [4.78, 5) is 10.9. The minimum absolute atomic E-state index is 0.0644. The number of amides is 1. The molecular weight excluding hydrogens is 166 g/mol. The van der Waals surface area contributed by atoms with Crippen molar-refractivity contribution in [1.82, 2.24) is 10.6 Å². The first-order valence-electron chi connectivity index (χ1n) is 4.95. The van der Waals surface area contributed by atoms with Crippen LogP contribution in [-0.4, -0.2) is 31.1 Å². The third-order valence-electron chi connectivity index (χ3n) is 2.39. The summed E-state index contributed by atoms with van der Waals surface area (Å²) in [6.07, 6.45) is 3.48. The molecule has 2 unspecified atom stereocenters. The van der Waals surface area contributed by atoms with Gasteiger partial charge in [-0.05, 0) is 32.7 Å². The number of nitrogens with one attached hydrogen (secondary N) is 2. The molecule has 2 atom stereocenters. The van der Waals surface area contributed by atoms with Gasteiger partial charge < -0.3 is 16.4 Å². The molecule has 1 aliphatic heterocycles. The van der Waals surface area contributed by atoms with Crippen LogP contribution in [0.2, 0.25) is 0 Å². The average Bonchev–Trinajstić information content (AvgIpc) is 2.56. The van der Waals surface area contributed by atoms with Gasteiger partial charge in [-0.25, -0.2) is 0 Å². The van der Waals surface area contributed by atoms with Gasteiger partial charge in [0, 0.05) is 12.1 Å². The molecule has 1 saturated heterocycles. The van der Waals surface area contributed by atoms with Crippen LogP contribution < -0.4 is 16.4 Å². The van der Waals surface area contributed by atoms with E-state index in [2.05, 4.69) is 10.6 Å². The number of hydrogen-bond donors (Lipinski definition) is 3. The SMILES string of the molecule is CC(CC1CCCN1)NC(=O)CN. The maximum atomic E-state index is 10.9. The van der Waals surface area contributed by atoms with Crippen molar-refractivity contribution < 1.29 is 4.79 Å². The van der Waals surface area contributed by atoms with Gasteiger partial charge in [0.1, 0.15) is 0 Å². The molecule has 4 heteroatoms. The zero-order chi connectivity index (χ0) is 9.68. The number of nitrogens with two attached hydrogens (primary N) is 1. The van der Waals surface area contributed by atoms with Gasteiger partial charge in [-0.15, -0.1) is 0 Å². The molecule has 0 aliphatic carbocycles. The summed E-state index contributed by atoms with van der Waals surface area (Å²) in [5, 5.41) is 6.25. The van der Waals surface area contributed by atoms with E-state index in [0.717, 1.165) is 13.0 Å². The third-order valence-corrected chi connectivity index (χ3v) is 2.39. The molecule has 0 aromatic carbocycles. The van der Waals surface area contributed by atoms with Crippen molar-refractivity contribution in [2.75, 3.05) is 13.1 Å². The van der Waals surface area contributed by atoms with Crippen LogP contribution >= 0.6 is 0 Å². The molecule has 1 aliphatic rings. The van der Waals surface area contributed by atoms with Gasteiger partial charge in [0.05, 0.1) is 6.54 Å². The highest BCUT2D eigenvalue weighted by molar-refractivity contribution is 5.77. The van der Waals surface area contributed by atoms with Gasteiger partial charge in [-0.2, -0.15) is 0 Å². The second-order valence-electron chi connectivity index (χ2n) is 3.70. The maximum absolute atomic E-state index is 10.9. The zero-order valence-electron chi connectivity index (χ0n) is 8.18. The summed E-state index contributed by atoms with van der Waals surface area (Å²) in [6, 6.07) is 0.805. The molecular formula is C9H19N3O. The molecule has 1 fully saturated rings. The fourth-order valence-electron chi connectivity index (χ4n) is 1.78. The normalized spacial score (nSPS) is 24.3. The fraction of sp³-hybridized carbons (Fsp3) is 0.889. The first-order chi connectivity index (χ1) is 6.22. The molecule has 1 heterocycles. The van der Waals surface area contributed by atoms with Crippen LogP contribution in [0.15, 0.2) is 0 Å². The molecule has 1 rings (SSSR count). The van der Waals surface area contributed by atoms with Crippen molar-refractivity contribution in [1.29, 1.82) is 0 Å². The lowest BCUT2D eigenvalue weighted by molar-refractivity contribution is -0.120. The summed E-state index contributed by atoms with van der Waals surface area (Å²) in [5.41, 5.74) is 5.20. The zero-order valence-corrected chi connectivity index (χ0v) is 8.18. The number of hydrogen-bond acceptors (Lipinski definition) is 3. The highest BCUT2D eigenvalue weighted by atomic mass is 16.1. The number of carbonyl (C=O) groups is 1. The van der Waals surface area contributed by atoms with E-state index in [1.807, 2.05) is 6.92 Å². The Morgan fingerprint density at radius 1 is 1.77 bits per heavy atom. The van der Waals surface area contributed by atoms with E-state index in [9.17, 15) is 4.79 Å². The van der Waals surface area contributed by atoms with Crippen molar-refractivity contribution in [2.45, 2.75) is 38.3 Å². The summed E-state index contributed by atoms with van der Waals surface area (Å²) in [6.45, 7) is 3.22. The van der Waals surface area contributed by atoms with Crippen LogP contribution in [0.4, 0.5) is 0 Å². The lowest BCUT2D eigenvalue weighted by atomic mass is 10.1. The first-order valence-corrected chi connectivity index (χ1v) is 4.95. The Morgan fingerprint density at radius 3 is 3.08 bits per heavy atom. The van der Waals surface area contributed by atoms with E-state index in [0.29, 0.717) is 6.04 Å². The van der Waals surface area contributed by atoms with Gasteiger partial charge in [0.15, 0.2) is 0 Å². The van der Waals surface area contributed by atoms with E-state index in [-0.39, 0.29) is 18.5 Å². The van der Waals surface area contributed by atoms with E-state index < -0.39 is 0 Å². The van der Waals surface area contributed by atoms with Crippen LogP contribution in [0.1, 0.15) is 26.2 Å². The monoisotopic (exact) mass is 185 g/mol.